The van der Waals surface area contributed by atoms with Gasteiger partial charge in [-0.1, -0.05) is 0 Å². The lowest BCUT2D eigenvalue weighted by Crippen LogP contribution is -2.33. The Hall–Kier alpha value is -3.32. The van der Waals surface area contributed by atoms with Crippen molar-refractivity contribution in [3.8, 4) is 11.3 Å². The second-order valence-electron chi connectivity index (χ2n) is 8.28. The second-order valence-corrected chi connectivity index (χ2v) is 9.65. The van der Waals surface area contributed by atoms with Crippen LogP contribution < -0.4 is 0 Å². The number of piperidine rings is 1. The van der Waals surface area contributed by atoms with Gasteiger partial charge < -0.3 is 9.67 Å². The highest BCUT2D eigenvalue weighted by atomic mass is 32.1. The van der Waals surface area contributed by atoms with Gasteiger partial charge in [-0.25, -0.2) is 19.7 Å². The minimum atomic E-state index is -5.08. The monoisotopic (exact) mass is 507 g/mol. The van der Waals surface area contributed by atoms with Gasteiger partial charge in [-0.05, 0) is 31.9 Å². The first-order valence-corrected chi connectivity index (χ1v) is 11.7. The zero-order chi connectivity index (χ0) is 25.2. The molecule has 0 aromatic carbocycles. The van der Waals surface area contributed by atoms with Gasteiger partial charge in [-0.15, -0.1) is 11.3 Å². The first-order chi connectivity index (χ1) is 16.6. The number of aryl methyl sites for hydroxylation is 2. The molecule has 0 amide bonds. The average Bonchev–Trinajstić information content (AvgIpc) is 3.53. The topological polar surface area (TPSA) is 102 Å². The third-order valence-electron chi connectivity index (χ3n) is 5.65. The van der Waals surface area contributed by atoms with Crippen LogP contribution in [0, 0.1) is 6.92 Å². The predicted octanol–water partition coefficient (Wildman–Crippen LogP) is 4.07. The molecule has 1 aliphatic rings. The molecule has 1 aliphatic heterocycles. The minimum Gasteiger partial charge on any atom is -0.475 e. The van der Waals surface area contributed by atoms with Crippen molar-refractivity contribution in [1.29, 1.82) is 0 Å². The van der Waals surface area contributed by atoms with Crippen LogP contribution in [0.15, 0.2) is 37.1 Å². The smallest absolute Gasteiger partial charge is 0.475 e. The van der Waals surface area contributed by atoms with Crippen LogP contribution in [0.4, 0.5) is 13.2 Å². The molecule has 0 atom stereocenters. The highest BCUT2D eigenvalue weighted by Gasteiger charge is 2.38. The molecule has 1 fully saturated rings. The van der Waals surface area contributed by atoms with E-state index in [4.69, 9.17) is 14.9 Å². The molecule has 0 spiro atoms. The maximum atomic E-state index is 10.6. The largest absolute Gasteiger partial charge is 0.490 e. The number of halogens is 3. The highest BCUT2D eigenvalue weighted by Crippen LogP contribution is 2.28. The van der Waals surface area contributed by atoms with E-state index < -0.39 is 12.1 Å². The summed E-state index contributed by atoms with van der Waals surface area (Å²) < 4.78 is 35.7. The maximum absolute atomic E-state index is 10.6. The number of rotatable bonds is 4. The van der Waals surface area contributed by atoms with E-state index in [9.17, 15) is 13.2 Å². The van der Waals surface area contributed by atoms with Gasteiger partial charge in [0, 0.05) is 54.2 Å². The number of carboxylic acid groups (broad SMARTS) is 1. The molecule has 1 N–H and O–H groups in total. The number of nitrogens with zero attached hydrogens (tertiary/aromatic N) is 7. The van der Waals surface area contributed by atoms with E-state index in [1.165, 1.54) is 9.75 Å². The third-order valence-corrected chi connectivity index (χ3v) is 6.64. The SMILES string of the molecule is Cc1ccc(CN2CCC(n3cnc4ncc(-c5cnn(C)c5)nc43)CC2)s1.O=C(O)C(F)(F)F. The van der Waals surface area contributed by atoms with E-state index in [1.54, 1.807) is 10.9 Å². The van der Waals surface area contributed by atoms with Crippen molar-refractivity contribution in [1.82, 2.24) is 34.2 Å². The van der Waals surface area contributed by atoms with Gasteiger partial charge in [0.25, 0.3) is 0 Å². The summed E-state index contributed by atoms with van der Waals surface area (Å²) in [5, 5.41) is 11.4. The lowest BCUT2D eigenvalue weighted by Gasteiger charge is -2.32. The van der Waals surface area contributed by atoms with Crippen LogP contribution in [0.25, 0.3) is 22.6 Å². The summed E-state index contributed by atoms with van der Waals surface area (Å²) in [7, 11) is 1.91. The van der Waals surface area contributed by atoms with E-state index in [2.05, 4.69) is 43.6 Å². The van der Waals surface area contributed by atoms with Gasteiger partial charge >= 0.3 is 12.1 Å². The van der Waals surface area contributed by atoms with Crippen LogP contribution in [0.2, 0.25) is 0 Å². The fourth-order valence-electron chi connectivity index (χ4n) is 3.91. The Labute approximate surface area is 202 Å². The van der Waals surface area contributed by atoms with Crippen molar-refractivity contribution in [3.63, 3.8) is 0 Å². The van der Waals surface area contributed by atoms with Crippen molar-refractivity contribution in [2.24, 2.45) is 7.05 Å². The number of carbonyl (C=O) groups is 1. The number of hydrogen-bond acceptors (Lipinski definition) is 7. The minimum absolute atomic E-state index is 0.421. The predicted molar refractivity (Wildman–Crippen MR) is 124 cm³/mol. The maximum Gasteiger partial charge on any atom is 0.490 e. The molecule has 186 valence electrons. The number of likely N-dealkylation sites (tertiary alicyclic amines) is 1. The van der Waals surface area contributed by atoms with Gasteiger partial charge in [0.15, 0.2) is 11.3 Å². The molecular weight excluding hydrogens is 483 g/mol. The first kappa shape index (κ1) is 24.8. The summed E-state index contributed by atoms with van der Waals surface area (Å²) in [5.74, 6) is -2.76. The summed E-state index contributed by atoms with van der Waals surface area (Å²) in [5.41, 5.74) is 3.40. The summed E-state index contributed by atoms with van der Waals surface area (Å²) in [4.78, 5) is 28.1. The highest BCUT2D eigenvalue weighted by molar-refractivity contribution is 7.11. The van der Waals surface area contributed by atoms with Gasteiger partial charge in [0.1, 0.15) is 0 Å². The van der Waals surface area contributed by atoms with Crippen LogP contribution in [0.5, 0.6) is 0 Å². The molecular formula is C22H24F3N7O2S. The molecule has 0 bridgehead atoms. The van der Waals surface area contributed by atoms with E-state index in [1.807, 2.05) is 37.1 Å². The Morgan fingerprint density at radius 3 is 2.49 bits per heavy atom. The molecule has 9 nitrogen and oxygen atoms in total. The van der Waals surface area contributed by atoms with Crippen molar-refractivity contribution in [2.75, 3.05) is 13.1 Å². The Bertz CT molecular complexity index is 1310. The second kappa shape index (κ2) is 10.1. The Balaban J connectivity index is 0.000000364. The van der Waals surface area contributed by atoms with E-state index in [-0.39, 0.29) is 0 Å². The quantitative estimate of drug-likeness (QED) is 0.444. The summed E-state index contributed by atoms with van der Waals surface area (Å²) in [6, 6.07) is 4.89. The fraction of sp³-hybridized carbons (Fsp3) is 0.409. The van der Waals surface area contributed by atoms with Crippen molar-refractivity contribution < 1.29 is 23.1 Å². The first-order valence-electron chi connectivity index (χ1n) is 10.9. The van der Waals surface area contributed by atoms with Gasteiger partial charge in [0.2, 0.25) is 0 Å². The van der Waals surface area contributed by atoms with Crippen molar-refractivity contribution in [2.45, 2.75) is 38.5 Å². The van der Waals surface area contributed by atoms with Crippen molar-refractivity contribution >= 4 is 28.6 Å². The molecule has 13 heteroatoms. The van der Waals surface area contributed by atoms with Crippen LogP contribution in [-0.4, -0.2) is 64.5 Å². The molecule has 1 saturated heterocycles. The Kier molecular flexibility index (Phi) is 7.17. The summed E-state index contributed by atoms with van der Waals surface area (Å²) >= 11 is 1.90. The van der Waals surface area contributed by atoms with Crippen molar-refractivity contribution in [3.05, 3.63) is 46.8 Å². The van der Waals surface area contributed by atoms with E-state index in [0.717, 1.165) is 49.4 Å². The number of hydrogen-bond donors (Lipinski definition) is 1. The number of imidazole rings is 1. The number of aliphatic carboxylic acids is 1. The number of alkyl halides is 3. The third kappa shape index (κ3) is 6.03. The van der Waals surface area contributed by atoms with E-state index in [0.29, 0.717) is 11.7 Å². The standard InChI is InChI=1S/C20H23N7S.C2HF3O2/c1-14-3-4-17(28-14)12-26-7-5-16(6-8-26)27-13-22-19-20(27)24-18(10-21-19)15-9-23-25(2)11-15;3-2(4,5)1(6)7/h3-4,9-11,13,16H,5-8,12H2,1-2H3;(H,6,7). The van der Waals surface area contributed by atoms with Crippen LogP contribution in [0.1, 0.15) is 28.6 Å². The summed E-state index contributed by atoms with van der Waals surface area (Å²) in [6.07, 6.45) is 4.59. The van der Waals surface area contributed by atoms with Gasteiger partial charge in [-0.2, -0.15) is 18.3 Å². The molecule has 0 radical (unpaired) electrons. The van der Waals surface area contributed by atoms with E-state index >= 15 is 0 Å². The normalized spacial score (nSPS) is 15.2. The van der Waals surface area contributed by atoms with Gasteiger partial charge in [-0.3, -0.25) is 9.58 Å². The van der Waals surface area contributed by atoms with Crippen LogP contribution >= 0.6 is 11.3 Å². The molecule has 4 aromatic heterocycles. The molecule has 4 aromatic rings. The lowest BCUT2D eigenvalue weighted by atomic mass is 10.0. The number of thiophene rings is 1. The Morgan fingerprint density at radius 2 is 1.91 bits per heavy atom. The fourth-order valence-corrected chi connectivity index (χ4v) is 4.85. The lowest BCUT2D eigenvalue weighted by molar-refractivity contribution is -0.192. The molecule has 5 heterocycles. The molecule has 0 saturated carbocycles. The molecule has 0 unspecified atom stereocenters. The number of carboxylic acids is 1. The average molecular weight is 508 g/mol. The number of fused-ring (bicyclic) bond motifs is 1. The molecule has 0 aliphatic carbocycles. The molecule has 35 heavy (non-hydrogen) atoms. The number of aromatic nitrogens is 6. The van der Waals surface area contributed by atoms with Crippen LogP contribution in [0.3, 0.4) is 0 Å². The van der Waals surface area contributed by atoms with Gasteiger partial charge in [0.05, 0.1) is 24.4 Å². The summed E-state index contributed by atoms with van der Waals surface area (Å²) in [6.45, 7) is 5.42. The Morgan fingerprint density at radius 1 is 1.20 bits per heavy atom. The zero-order valence-electron chi connectivity index (χ0n) is 19.1. The zero-order valence-corrected chi connectivity index (χ0v) is 19.9. The molecule has 5 rings (SSSR count). The van der Waals surface area contributed by atoms with Crippen LogP contribution in [-0.2, 0) is 18.4 Å².